The van der Waals surface area contributed by atoms with Crippen molar-refractivity contribution in [2.45, 2.75) is 0 Å². The maximum atomic E-state index is 5.92. The molecule has 0 radical (unpaired) electrons. The smallest absolute Gasteiger partial charge is 0.231 e. The summed E-state index contributed by atoms with van der Waals surface area (Å²) in [6.07, 6.45) is 0. The first-order valence-electron chi connectivity index (χ1n) is 5.69. The van der Waals surface area contributed by atoms with Gasteiger partial charge in [0.15, 0.2) is 0 Å². The van der Waals surface area contributed by atoms with E-state index in [0.29, 0.717) is 16.7 Å². The maximum absolute atomic E-state index is 5.92. The van der Waals surface area contributed by atoms with Crippen LogP contribution < -0.4 is 4.74 Å². The summed E-state index contributed by atoms with van der Waals surface area (Å²) in [6, 6.07) is 12.8. The minimum Gasteiger partial charge on any atom is -0.437 e. The average molecular weight is 370 g/mol. The molecule has 0 N–H and O–H groups in total. The van der Waals surface area contributed by atoms with Gasteiger partial charge in [0.05, 0.1) is 15.4 Å². The van der Waals surface area contributed by atoms with Gasteiger partial charge in [-0.3, -0.25) is 0 Å². The molecule has 0 spiro atoms. The Labute approximate surface area is 133 Å². The lowest BCUT2D eigenvalue weighted by Gasteiger charge is -2.09. The highest BCUT2D eigenvalue weighted by Crippen LogP contribution is 2.34. The van der Waals surface area contributed by atoms with E-state index in [1.165, 1.54) is 0 Å². The third-order valence-corrected chi connectivity index (χ3v) is 3.67. The van der Waals surface area contributed by atoms with Crippen molar-refractivity contribution in [3.05, 3.63) is 57.2 Å². The second-order valence-corrected chi connectivity index (χ2v) is 5.62. The van der Waals surface area contributed by atoms with Gasteiger partial charge in [-0.05, 0) is 57.9 Å². The molecule has 3 rings (SSSR count). The van der Waals surface area contributed by atoms with Gasteiger partial charge in [0.1, 0.15) is 5.75 Å². The van der Waals surface area contributed by atoms with Crippen molar-refractivity contribution in [2.75, 3.05) is 0 Å². The highest BCUT2D eigenvalue weighted by molar-refractivity contribution is 9.10. The lowest BCUT2D eigenvalue weighted by atomic mass is 10.2. The summed E-state index contributed by atoms with van der Waals surface area (Å²) >= 11 is 15.2. The van der Waals surface area contributed by atoms with Crippen LogP contribution in [0.4, 0.5) is 0 Å². The Kier molecular flexibility index (Phi) is 3.78. The molecule has 0 aliphatic carbocycles. The van der Waals surface area contributed by atoms with Crippen molar-refractivity contribution in [1.82, 2.24) is 9.97 Å². The van der Waals surface area contributed by atoms with Crippen LogP contribution in [-0.2, 0) is 0 Å². The number of hydrogen-bond donors (Lipinski definition) is 0. The van der Waals surface area contributed by atoms with Crippen LogP contribution >= 0.6 is 39.1 Å². The SMILES string of the molecule is Clc1ccc(Oc2nc(Cl)nc3ccccc23)c(Br)c1. The van der Waals surface area contributed by atoms with Crippen LogP contribution in [0.1, 0.15) is 0 Å². The van der Waals surface area contributed by atoms with E-state index in [0.717, 1.165) is 15.4 Å². The predicted molar refractivity (Wildman–Crippen MR) is 83.8 cm³/mol. The first-order chi connectivity index (χ1) is 9.63. The molecule has 2 aromatic carbocycles. The van der Waals surface area contributed by atoms with Gasteiger partial charge < -0.3 is 4.74 Å². The Morgan fingerprint density at radius 3 is 2.60 bits per heavy atom. The number of fused-ring (bicyclic) bond motifs is 1. The van der Waals surface area contributed by atoms with Crippen LogP contribution in [-0.4, -0.2) is 9.97 Å². The van der Waals surface area contributed by atoms with Crippen LogP contribution in [0.2, 0.25) is 10.3 Å². The predicted octanol–water partition coefficient (Wildman–Crippen LogP) is 5.49. The van der Waals surface area contributed by atoms with Crippen molar-refractivity contribution in [2.24, 2.45) is 0 Å². The molecule has 0 aliphatic heterocycles. The minimum absolute atomic E-state index is 0.142. The summed E-state index contributed by atoms with van der Waals surface area (Å²) < 4.78 is 6.56. The van der Waals surface area contributed by atoms with Gasteiger partial charge in [0.2, 0.25) is 11.2 Å². The molecule has 3 nitrogen and oxygen atoms in total. The molecule has 0 unspecified atom stereocenters. The molecular formula is C14H7BrCl2N2O. The van der Waals surface area contributed by atoms with E-state index < -0.39 is 0 Å². The molecule has 1 heterocycles. The summed E-state index contributed by atoms with van der Waals surface area (Å²) in [7, 11) is 0. The molecule has 6 heteroatoms. The zero-order valence-electron chi connectivity index (χ0n) is 9.98. The van der Waals surface area contributed by atoms with E-state index in [1.54, 1.807) is 18.2 Å². The minimum atomic E-state index is 0.142. The quantitative estimate of drug-likeness (QED) is 0.560. The second-order valence-electron chi connectivity index (χ2n) is 3.99. The summed E-state index contributed by atoms with van der Waals surface area (Å²) in [5.74, 6) is 1.01. The Morgan fingerprint density at radius 1 is 1.00 bits per heavy atom. The van der Waals surface area contributed by atoms with Gasteiger partial charge in [-0.1, -0.05) is 23.7 Å². The first kappa shape index (κ1) is 13.6. The summed E-state index contributed by atoms with van der Waals surface area (Å²) in [5.41, 5.74) is 0.729. The normalized spacial score (nSPS) is 10.8. The third-order valence-electron chi connectivity index (χ3n) is 2.64. The van der Waals surface area contributed by atoms with Crippen molar-refractivity contribution >= 4 is 50.0 Å². The monoisotopic (exact) mass is 368 g/mol. The number of benzene rings is 2. The highest BCUT2D eigenvalue weighted by atomic mass is 79.9. The van der Waals surface area contributed by atoms with E-state index in [4.69, 9.17) is 27.9 Å². The molecule has 3 aromatic rings. The van der Waals surface area contributed by atoms with Crippen molar-refractivity contribution in [3.8, 4) is 11.6 Å². The molecule has 0 fully saturated rings. The molecule has 0 amide bonds. The largest absolute Gasteiger partial charge is 0.437 e. The maximum Gasteiger partial charge on any atom is 0.231 e. The summed E-state index contributed by atoms with van der Waals surface area (Å²) in [6.45, 7) is 0. The van der Waals surface area contributed by atoms with E-state index in [-0.39, 0.29) is 5.28 Å². The van der Waals surface area contributed by atoms with Crippen LogP contribution in [0, 0.1) is 0 Å². The number of aromatic nitrogens is 2. The van der Waals surface area contributed by atoms with Crippen LogP contribution in [0.25, 0.3) is 10.9 Å². The molecule has 100 valence electrons. The van der Waals surface area contributed by atoms with Crippen molar-refractivity contribution in [3.63, 3.8) is 0 Å². The molecule has 1 aromatic heterocycles. The molecule has 20 heavy (non-hydrogen) atoms. The zero-order valence-corrected chi connectivity index (χ0v) is 13.1. The topological polar surface area (TPSA) is 35.0 Å². The van der Waals surface area contributed by atoms with Gasteiger partial charge >= 0.3 is 0 Å². The fourth-order valence-electron chi connectivity index (χ4n) is 1.76. The number of rotatable bonds is 2. The summed E-state index contributed by atoms with van der Waals surface area (Å²) in [4.78, 5) is 8.29. The van der Waals surface area contributed by atoms with Crippen LogP contribution in [0.5, 0.6) is 11.6 Å². The van der Waals surface area contributed by atoms with E-state index in [9.17, 15) is 0 Å². The summed E-state index contributed by atoms with van der Waals surface area (Å²) in [5, 5.41) is 1.55. The number of nitrogens with zero attached hydrogens (tertiary/aromatic N) is 2. The Bertz CT molecular complexity index is 795. The standard InChI is InChI=1S/C14H7BrCl2N2O/c15-10-7-8(16)5-6-12(10)20-13-9-3-1-2-4-11(9)18-14(17)19-13/h1-7H. The van der Waals surface area contributed by atoms with E-state index in [1.807, 2.05) is 24.3 Å². The molecule has 0 saturated heterocycles. The fourth-order valence-corrected chi connectivity index (χ4v) is 2.69. The van der Waals surface area contributed by atoms with Crippen LogP contribution in [0.15, 0.2) is 46.9 Å². The molecule has 0 atom stereocenters. The first-order valence-corrected chi connectivity index (χ1v) is 7.23. The fraction of sp³-hybridized carbons (Fsp3) is 0. The zero-order chi connectivity index (χ0) is 14.1. The lowest BCUT2D eigenvalue weighted by molar-refractivity contribution is 0.465. The second kappa shape index (κ2) is 5.56. The van der Waals surface area contributed by atoms with Crippen molar-refractivity contribution in [1.29, 1.82) is 0 Å². The van der Waals surface area contributed by atoms with Gasteiger partial charge in [-0.25, -0.2) is 4.98 Å². The van der Waals surface area contributed by atoms with Gasteiger partial charge in [-0.2, -0.15) is 4.98 Å². The molecule has 0 bridgehead atoms. The van der Waals surface area contributed by atoms with Crippen molar-refractivity contribution < 1.29 is 4.74 Å². The Hall–Kier alpha value is -1.36. The van der Waals surface area contributed by atoms with E-state index in [2.05, 4.69) is 25.9 Å². The molecular weight excluding hydrogens is 363 g/mol. The highest BCUT2D eigenvalue weighted by Gasteiger charge is 2.10. The lowest BCUT2D eigenvalue weighted by Crippen LogP contribution is -1.93. The number of ether oxygens (including phenoxy) is 1. The number of hydrogen-bond acceptors (Lipinski definition) is 3. The van der Waals surface area contributed by atoms with Gasteiger partial charge in [0.25, 0.3) is 0 Å². The van der Waals surface area contributed by atoms with Crippen LogP contribution in [0.3, 0.4) is 0 Å². The molecule has 0 saturated carbocycles. The number of halogens is 3. The Morgan fingerprint density at radius 2 is 1.80 bits per heavy atom. The number of para-hydroxylation sites is 1. The third kappa shape index (κ3) is 2.73. The Balaban J connectivity index is 2.10. The average Bonchev–Trinajstić information content (AvgIpc) is 2.41. The van der Waals surface area contributed by atoms with E-state index >= 15 is 0 Å². The van der Waals surface area contributed by atoms with Gasteiger partial charge in [-0.15, -0.1) is 0 Å². The van der Waals surface area contributed by atoms with Gasteiger partial charge in [0, 0.05) is 5.02 Å². The molecule has 0 aliphatic rings.